The molecule has 25 heavy (non-hydrogen) atoms. The van der Waals surface area contributed by atoms with Crippen molar-refractivity contribution in [2.45, 2.75) is 50.6 Å². The standard InChI is InChI=1S/C19H24N4O.ClH/c1-13-11-15(9-10-20-13)22-19(24)17-12-21-23(18(17)14-7-8-14)16-5-3-2-4-6-16;/h2-6,12-15,20H,7-11H2,1H3,(H,22,24);1H. The number of halogens is 1. The minimum absolute atomic E-state index is 0. The molecule has 2 N–H and O–H groups in total. The Morgan fingerprint density at radius 3 is 2.68 bits per heavy atom. The summed E-state index contributed by atoms with van der Waals surface area (Å²) in [6.45, 7) is 3.13. The molecule has 2 atom stereocenters. The van der Waals surface area contributed by atoms with Crippen LogP contribution in [0, 0.1) is 0 Å². The van der Waals surface area contributed by atoms with E-state index in [9.17, 15) is 4.79 Å². The van der Waals surface area contributed by atoms with Crippen molar-refractivity contribution < 1.29 is 4.79 Å². The van der Waals surface area contributed by atoms with Gasteiger partial charge in [-0.1, -0.05) is 18.2 Å². The highest BCUT2D eigenvalue weighted by Crippen LogP contribution is 2.42. The van der Waals surface area contributed by atoms with E-state index in [-0.39, 0.29) is 24.4 Å². The van der Waals surface area contributed by atoms with Crippen LogP contribution in [0.1, 0.15) is 54.6 Å². The van der Waals surface area contributed by atoms with Crippen molar-refractivity contribution in [3.8, 4) is 5.69 Å². The van der Waals surface area contributed by atoms with Gasteiger partial charge in [-0.2, -0.15) is 5.10 Å². The van der Waals surface area contributed by atoms with E-state index >= 15 is 0 Å². The molecule has 2 heterocycles. The molecule has 1 aromatic carbocycles. The Bertz CT molecular complexity index is 726. The highest BCUT2D eigenvalue weighted by Gasteiger charge is 2.33. The number of rotatable bonds is 4. The fourth-order valence-electron chi connectivity index (χ4n) is 3.58. The largest absolute Gasteiger partial charge is 0.349 e. The summed E-state index contributed by atoms with van der Waals surface area (Å²) < 4.78 is 1.94. The third kappa shape index (κ3) is 3.88. The zero-order chi connectivity index (χ0) is 16.5. The summed E-state index contributed by atoms with van der Waals surface area (Å²) in [7, 11) is 0. The van der Waals surface area contributed by atoms with Crippen molar-refractivity contribution in [3.63, 3.8) is 0 Å². The fraction of sp³-hybridized carbons (Fsp3) is 0.474. The van der Waals surface area contributed by atoms with Crippen LogP contribution < -0.4 is 10.6 Å². The first-order valence-corrected chi connectivity index (χ1v) is 8.90. The second-order valence-electron chi connectivity index (χ2n) is 7.02. The van der Waals surface area contributed by atoms with Gasteiger partial charge in [0.15, 0.2) is 0 Å². The number of piperidine rings is 1. The Labute approximate surface area is 154 Å². The molecule has 0 spiro atoms. The first-order valence-electron chi connectivity index (χ1n) is 8.90. The molecule has 1 amide bonds. The van der Waals surface area contributed by atoms with Gasteiger partial charge in [0.05, 0.1) is 23.1 Å². The normalized spacial score (nSPS) is 22.9. The molecule has 2 aliphatic rings. The SMILES string of the molecule is CC1CC(NC(=O)c2cnn(-c3ccccc3)c2C2CC2)CCN1.Cl. The average Bonchev–Trinajstić information content (AvgIpc) is 3.33. The first kappa shape index (κ1) is 18.0. The Balaban J connectivity index is 0.00000182. The summed E-state index contributed by atoms with van der Waals surface area (Å²) in [5.74, 6) is 0.485. The van der Waals surface area contributed by atoms with Gasteiger partial charge in [-0.05, 0) is 51.3 Å². The highest BCUT2D eigenvalue weighted by atomic mass is 35.5. The Hall–Kier alpha value is -1.85. The van der Waals surface area contributed by atoms with Crippen molar-refractivity contribution in [1.82, 2.24) is 20.4 Å². The number of amides is 1. The number of nitrogens with one attached hydrogen (secondary N) is 2. The number of aromatic nitrogens is 2. The van der Waals surface area contributed by atoms with Gasteiger partial charge in [0.2, 0.25) is 0 Å². The number of hydrogen-bond acceptors (Lipinski definition) is 3. The monoisotopic (exact) mass is 360 g/mol. The molecule has 1 saturated carbocycles. The molecule has 2 fully saturated rings. The molecule has 1 aromatic heterocycles. The van der Waals surface area contributed by atoms with Gasteiger partial charge in [0, 0.05) is 18.0 Å². The topological polar surface area (TPSA) is 59.0 Å². The van der Waals surface area contributed by atoms with Crippen molar-refractivity contribution in [3.05, 3.63) is 47.8 Å². The van der Waals surface area contributed by atoms with Crippen LogP contribution >= 0.6 is 12.4 Å². The predicted octanol–water partition coefficient (Wildman–Crippen LogP) is 3.04. The first-order chi connectivity index (χ1) is 11.7. The zero-order valence-electron chi connectivity index (χ0n) is 14.4. The molecule has 134 valence electrons. The van der Waals surface area contributed by atoms with Crippen LogP contribution in [0.3, 0.4) is 0 Å². The lowest BCUT2D eigenvalue weighted by atomic mass is 10.00. The van der Waals surface area contributed by atoms with Crippen LogP contribution in [-0.4, -0.2) is 34.3 Å². The number of nitrogens with zero attached hydrogens (tertiary/aromatic N) is 2. The molecular weight excluding hydrogens is 336 g/mol. The number of carbonyl (C=O) groups excluding carboxylic acids is 1. The van der Waals surface area contributed by atoms with Crippen LogP contribution in [0.5, 0.6) is 0 Å². The fourth-order valence-corrected chi connectivity index (χ4v) is 3.58. The molecule has 5 nitrogen and oxygen atoms in total. The van der Waals surface area contributed by atoms with Gasteiger partial charge >= 0.3 is 0 Å². The maximum Gasteiger partial charge on any atom is 0.255 e. The van der Waals surface area contributed by atoms with Crippen LogP contribution in [0.4, 0.5) is 0 Å². The minimum atomic E-state index is 0. The molecule has 2 aromatic rings. The summed E-state index contributed by atoms with van der Waals surface area (Å²) in [6.07, 6.45) is 5.99. The van der Waals surface area contributed by atoms with Gasteiger partial charge < -0.3 is 10.6 Å². The second-order valence-corrected chi connectivity index (χ2v) is 7.02. The molecule has 0 radical (unpaired) electrons. The molecular formula is C19H25ClN4O. The lowest BCUT2D eigenvalue weighted by Gasteiger charge is -2.28. The minimum Gasteiger partial charge on any atom is -0.349 e. The van der Waals surface area contributed by atoms with Gasteiger partial charge in [-0.25, -0.2) is 4.68 Å². The smallest absolute Gasteiger partial charge is 0.255 e. The summed E-state index contributed by atoms with van der Waals surface area (Å²) in [6, 6.07) is 10.8. The summed E-state index contributed by atoms with van der Waals surface area (Å²) in [4.78, 5) is 12.8. The van der Waals surface area contributed by atoms with E-state index < -0.39 is 0 Å². The van der Waals surface area contributed by atoms with Crippen molar-refractivity contribution in [2.75, 3.05) is 6.54 Å². The highest BCUT2D eigenvalue weighted by molar-refractivity contribution is 5.95. The third-order valence-corrected chi connectivity index (χ3v) is 4.97. The van der Waals surface area contributed by atoms with Gasteiger partial charge in [-0.3, -0.25) is 4.79 Å². The number of hydrogen-bond donors (Lipinski definition) is 2. The molecule has 1 saturated heterocycles. The van der Waals surface area contributed by atoms with Crippen LogP contribution in [0.25, 0.3) is 5.69 Å². The maximum absolute atomic E-state index is 12.8. The van der Waals surface area contributed by atoms with Gasteiger partial charge in [0.25, 0.3) is 5.91 Å². The van der Waals surface area contributed by atoms with E-state index in [0.29, 0.717) is 12.0 Å². The molecule has 0 bridgehead atoms. The molecule has 2 unspecified atom stereocenters. The Kier molecular flexibility index (Phi) is 5.45. The van der Waals surface area contributed by atoms with Crippen molar-refractivity contribution >= 4 is 18.3 Å². The third-order valence-electron chi connectivity index (χ3n) is 4.97. The number of benzene rings is 1. The predicted molar refractivity (Wildman–Crippen MR) is 101 cm³/mol. The lowest BCUT2D eigenvalue weighted by molar-refractivity contribution is 0.0924. The zero-order valence-corrected chi connectivity index (χ0v) is 15.3. The van der Waals surface area contributed by atoms with Crippen LogP contribution in [0.2, 0.25) is 0 Å². The summed E-state index contributed by atoms with van der Waals surface area (Å²) in [5.41, 5.74) is 2.84. The van der Waals surface area contributed by atoms with Crippen molar-refractivity contribution in [1.29, 1.82) is 0 Å². The lowest BCUT2D eigenvalue weighted by Crippen LogP contribution is -2.46. The summed E-state index contributed by atoms with van der Waals surface area (Å²) in [5, 5.41) is 11.2. The van der Waals surface area contributed by atoms with Crippen molar-refractivity contribution in [2.24, 2.45) is 0 Å². The van der Waals surface area contributed by atoms with Crippen LogP contribution in [-0.2, 0) is 0 Å². The second kappa shape index (κ2) is 7.58. The van der Waals surface area contributed by atoms with E-state index in [1.807, 2.05) is 35.0 Å². The van der Waals surface area contributed by atoms with E-state index in [1.165, 1.54) is 0 Å². The molecule has 1 aliphatic heterocycles. The maximum atomic E-state index is 12.8. The van der Waals surface area contributed by atoms with E-state index in [1.54, 1.807) is 6.20 Å². The number of para-hydroxylation sites is 1. The van der Waals surface area contributed by atoms with E-state index in [2.05, 4.69) is 22.7 Å². The number of carbonyl (C=O) groups is 1. The molecule has 1 aliphatic carbocycles. The molecule has 4 rings (SSSR count). The van der Waals surface area contributed by atoms with Gasteiger partial charge in [0.1, 0.15) is 0 Å². The van der Waals surface area contributed by atoms with Crippen LogP contribution in [0.15, 0.2) is 36.5 Å². The molecule has 6 heteroatoms. The Morgan fingerprint density at radius 1 is 1.24 bits per heavy atom. The Morgan fingerprint density at radius 2 is 2.00 bits per heavy atom. The average molecular weight is 361 g/mol. The van der Waals surface area contributed by atoms with E-state index in [4.69, 9.17) is 0 Å². The summed E-state index contributed by atoms with van der Waals surface area (Å²) >= 11 is 0. The quantitative estimate of drug-likeness (QED) is 0.881. The van der Waals surface area contributed by atoms with E-state index in [0.717, 1.165) is 49.2 Å². The van der Waals surface area contributed by atoms with Gasteiger partial charge in [-0.15, -0.1) is 12.4 Å².